The van der Waals surface area contributed by atoms with Crippen LogP contribution in [-0.4, -0.2) is 11.1 Å². The number of benzene rings is 2. The van der Waals surface area contributed by atoms with Crippen molar-refractivity contribution >= 4 is 11.7 Å². The molecule has 3 nitrogen and oxygen atoms in total. The molecule has 1 unspecified atom stereocenters. The highest BCUT2D eigenvalue weighted by Crippen LogP contribution is 2.22. The van der Waals surface area contributed by atoms with E-state index in [2.05, 4.69) is 44.3 Å². The summed E-state index contributed by atoms with van der Waals surface area (Å²) in [5.74, 6) is -0.910. The second-order valence-corrected chi connectivity index (χ2v) is 5.10. The lowest BCUT2D eigenvalue weighted by Crippen LogP contribution is -2.08. The topological polar surface area (TPSA) is 49.3 Å². The first-order valence-electron chi connectivity index (χ1n) is 6.64. The zero-order valence-corrected chi connectivity index (χ0v) is 12.0. The predicted octanol–water partition coefficient (Wildman–Crippen LogP) is 4.17. The summed E-state index contributed by atoms with van der Waals surface area (Å²) in [5, 5.41) is 12.3. The molecule has 0 saturated carbocycles. The Kier molecular flexibility index (Phi) is 4.08. The van der Waals surface area contributed by atoms with Crippen LogP contribution in [0.15, 0.2) is 42.5 Å². The highest BCUT2D eigenvalue weighted by atomic mass is 16.4. The number of hydrogen-bond acceptors (Lipinski definition) is 2. The Morgan fingerprint density at radius 3 is 2.50 bits per heavy atom. The van der Waals surface area contributed by atoms with Crippen molar-refractivity contribution in [2.75, 3.05) is 5.32 Å². The van der Waals surface area contributed by atoms with Gasteiger partial charge in [0.05, 0.1) is 5.56 Å². The largest absolute Gasteiger partial charge is 0.478 e. The molecule has 0 spiro atoms. The van der Waals surface area contributed by atoms with Gasteiger partial charge in [-0.05, 0) is 55.7 Å². The SMILES string of the molecule is Cc1ccc(C(C)Nc2cccc(C(=O)O)c2)cc1C. The number of aryl methyl sites for hydroxylation is 2. The van der Waals surface area contributed by atoms with E-state index in [0.29, 0.717) is 5.56 Å². The lowest BCUT2D eigenvalue weighted by Gasteiger charge is -2.17. The first-order valence-corrected chi connectivity index (χ1v) is 6.64. The summed E-state index contributed by atoms with van der Waals surface area (Å²) < 4.78 is 0. The van der Waals surface area contributed by atoms with Crippen LogP contribution in [0.25, 0.3) is 0 Å². The average molecular weight is 269 g/mol. The lowest BCUT2D eigenvalue weighted by molar-refractivity contribution is 0.0697. The zero-order valence-electron chi connectivity index (χ0n) is 12.0. The minimum atomic E-state index is -0.910. The van der Waals surface area contributed by atoms with Crippen LogP contribution in [0.3, 0.4) is 0 Å². The predicted molar refractivity (Wildman–Crippen MR) is 81.4 cm³/mol. The van der Waals surface area contributed by atoms with E-state index in [-0.39, 0.29) is 6.04 Å². The van der Waals surface area contributed by atoms with Crippen molar-refractivity contribution in [1.29, 1.82) is 0 Å². The van der Waals surface area contributed by atoms with Gasteiger partial charge >= 0.3 is 5.97 Å². The molecular formula is C17H19NO2. The highest BCUT2D eigenvalue weighted by molar-refractivity contribution is 5.88. The molecular weight excluding hydrogens is 250 g/mol. The van der Waals surface area contributed by atoms with Crippen molar-refractivity contribution in [1.82, 2.24) is 0 Å². The van der Waals surface area contributed by atoms with Gasteiger partial charge in [-0.1, -0.05) is 24.3 Å². The van der Waals surface area contributed by atoms with E-state index in [0.717, 1.165) is 5.69 Å². The van der Waals surface area contributed by atoms with Crippen molar-refractivity contribution in [2.24, 2.45) is 0 Å². The molecule has 0 aliphatic heterocycles. The minimum Gasteiger partial charge on any atom is -0.478 e. The van der Waals surface area contributed by atoms with Gasteiger partial charge in [-0.15, -0.1) is 0 Å². The molecule has 1 atom stereocenters. The second-order valence-electron chi connectivity index (χ2n) is 5.10. The first kappa shape index (κ1) is 14.1. The molecule has 20 heavy (non-hydrogen) atoms. The van der Waals surface area contributed by atoms with Crippen molar-refractivity contribution in [3.8, 4) is 0 Å². The Labute approximate surface area is 119 Å². The number of rotatable bonds is 4. The van der Waals surface area contributed by atoms with Gasteiger partial charge in [-0.2, -0.15) is 0 Å². The molecule has 2 aromatic rings. The van der Waals surface area contributed by atoms with Crippen LogP contribution in [0.5, 0.6) is 0 Å². The third-order valence-corrected chi connectivity index (χ3v) is 3.52. The van der Waals surface area contributed by atoms with Crippen LogP contribution in [0.2, 0.25) is 0 Å². The summed E-state index contributed by atoms with van der Waals surface area (Å²) in [6.45, 7) is 6.25. The Bertz CT molecular complexity index is 635. The molecule has 0 amide bonds. The third-order valence-electron chi connectivity index (χ3n) is 3.52. The van der Waals surface area contributed by atoms with Crippen LogP contribution in [0.4, 0.5) is 5.69 Å². The molecule has 0 aliphatic rings. The molecule has 2 N–H and O–H groups in total. The number of carboxylic acids is 1. The fraction of sp³-hybridized carbons (Fsp3) is 0.235. The van der Waals surface area contributed by atoms with Crippen LogP contribution >= 0.6 is 0 Å². The second kappa shape index (κ2) is 5.78. The van der Waals surface area contributed by atoms with Gasteiger partial charge in [0, 0.05) is 11.7 Å². The summed E-state index contributed by atoms with van der Waals surface area (Å²) >= 11 is 0. The number of hydrogen-bond donors (Lipinski definition) is 2. The zero-order chi connectivity index (χ0) is 14.7. The van der Waals surface area contributed by atoms with Crippen molar-refractivity contribution in [2.45, 2.75) is 26.8 Å². The molecule has 0 bridgehead atoms. The monoisotopic (exact) mass is 269 g/mol. The van der Waals surface area contributed by atoms with Crippen molar-refractivity contribution < 1.29 is 9.90 Å². The Balaban J connectivity index is 2.18. The molecule has 2 rings (SSSR count). The lowest BCUT2D eigenvalue weighted by atomic mass is 10.0. The maximum Gasteiger partial charge on any atom is 0.335 e. The maximum absolute atomic E-state index is 11.0. The fourth-order valence-corrected chi connectivity index (χ4v) is 2.11. The van der Waals surface area contributed by atoms with E-state index in [1.807, 2.05) is 6.07 Å². The first-order chi connectivity index (χ1) is 9.47. The molecule has 0 saturated heterocycles. The summed E-state index contributed by atoms with van der Waals surface area (Å²) in [5.41, 5.74) is 4.83. The van der Waals surface area contributed by atoms with Gasteiger partial charge < -0.3 is 10.4 Å². The number of carbonyl (C=O) groups is 1. The van der Waals surface area contributed by atoms with Gasteiger partial charge in [-0.25, -0.2) is 4.79 Å². The standard InChI is InChI=1S/C17H19NO2/c1-11-7-8-14(9-12(11)2)13(3)18-16-6-4-5-15(10-16)17(19)20/h4-10,13,18H,1-3H3,(H,19,20). The Morgan fingerprint density at radius 1 is 1.10 bits per heavy atom. The minimum absolute atomic E-state index is 0.123. The van der Waals surface area contributed by atoms with Crippen molar-refractivity contribution in [3.05, 3.63) is 64.7 Å². The number of aromatic carboxylic acids is 1. The number of anilines is 1. The van der Waals surface area contributed by atoms with E-state index in [1.165, 1.54) is 16.7 Å². The Hall–Kier alpha value is -2.29. The van der Waals surface area contributed by atoms with E-state index >= 15 is 0 Å². The molecule has 0 aliphatic carbocycles. The normalized spacial score (nSPS) is 11.9. The van der Waals surface area contributed by atoms with Gasteiger partial charge in [-0.3, -0.25) is 0 Å². The summed E-state index contributed by atoms with van der Waals surface area (Å²) in [6, 6.07) is 13.4. The molecule has 0 radical (unpaired) electrons. The van der Waals surface area contributed by atoms with Gasteiger partial charge in [0.15, 0.2) is 0 Å². The van der Waals surface area contributed by atoms with E-state index < -0.39 is 5.97 Å². The molecule has 2 aromatic carbocycles. The van der Waals surface area contributed by atoms with Crippen LogP contribution in [-0.2, 0) is 0 Å². The molecule has 3 heteroatoms. The number of carboxylic acid groups (broad SMARTS) is 1. The van der Waals surface area contributed by atoms with E-state index in [9.17, 15) is 4.79 Å². The number of nitrogens with one attached hydrogen (secondary N) is 1. The summed E-state index contributed by atoms with van der Waals surface area (Å²) in [4.78, 5) is 11.0. The smallest absolute Gasteiger partial charge is 0.335 e. The summed E-state index contributed by atoms with van der Waals surface area (Å²) in [7, 11) is 0. The van der Waals surface area contributed by atoms with Crippen LogP contribution in [0.1, 0.15) is 40.0 Å². The maximum atomic E-state index is 11.0. The molecule has 0 aromatic heterocycles. The molecule has 0 fully saturated rings. The van der Waals surface area contributed by atoms with E-state index in [1.54, 1.807) is 18.2 Å². The molecule has 104 valence electrons. The highest BCUT2D eigenvalue weighted by Gasteiger charge is 2.08. The van der Waals surface area contributed by atoms with Gasteiger partial charge in [0.2, 0.25) is 0 Å². The third kappa shape index (κ3) is 3.18. The van der Waals surface area contributed by atoms with E-state index in [4.69, 9.17) is 5.11 Å². The van der Waals surface area contributed by atoms with Crippen LogP contribution in [0, 0.1) is 13.8 Å². The average Bonchev–Trinajstić information content (AvgIpc) is 2.42. The van der Waals surface area contributed by atoms with Gasteiger partial charge in [0.25, 0.3) is 0 Å². The van der Waals surface area contributed by atoms with Crippen LogP contribution < -0.4 is 5.32 Å². The van der Waals surface area contributed by atoms with Crippen molar-refractivity contribution in [3.63, 3.8) is 0 Å². The Morgan fingerprint density at radius 2 is 1.85 bits per heavy atom. The summed E-state index contributed by atoms with van der Waals surface area (Å²) in [6.07, 6.45) is 0. The quantitative estimate of drug-likeness (QED) is 0.875. The van der Waals surface area contributed by atoms with Gasteiger partial charge in [0.1, 0.15) is 0 Å². The molecule has 0 heterocycles. The fourth-order valence-electron chi connectivity index (χ4n) is 2.11.